The Hall–Kier alpha value is -3.27. The van der Waals surface area contributed by atoms with Crippen LogP contribution in [0.2, 0.25) is 0 Å². The van der Waals surface area contributed by atoms with Gasteiger partial charge in [-0.15, -0.1) is 0 Å². The van der Waals surface area contributed by atoms with E-state index in [4.69, 9.17) is 24.1 Å². The van der Waals surface area contributed by atoms with Crippen LogP contribution < -0.4 is 10.6 Å². The van der Waals surface area contributed by atoms with Gasteiger partial charge in [-0.3, -0.25) is 24.0 Å². The first-order valence-corrected chi connectivity index (χ1v) is 18.4. The van der Waals surface area contributed by atoms with Crippen LogP contribution in [0.25, 0.3) is 0 Å². The maximum Gasteiger partial charge on any atom is 0.326 e. The van der Waals surface area contributed by atoms with Crippen LogP contribution in [0.4, 0.5) is 0 Å². The number of ether oxygens (including phenoxy) is 4. The minimum Gasteiger partial charge on any atom is -0.481 e. The van der Waals surface area contributed by atoms with Crippen LogP contribution in [0.3, 0.4) is 0 Å². The van der Waals surface area contributed by atoms with Crippen LogP contribution in [0.1, 0.15) is 122 Å². The summed E-state index contributed by atoms with van der Waals surface area (Å²) in [6, 6.07) is -1.10. The molecule has 0 heterocycles. The van der Waals surface area contributed by atoms with Crippen molar-refractivity contribution in [2.45, 2.75) is 128 Å². The molecule has 0 aliphatic carbocycles. The second-order valence-electron chi connectivity index (χ2n) is 12.4. The number of rotatable bonds is 39. The summed E-state index contributed by atoms with van der Waals surface area (Å²) < 4.78 is 21.0. The zero-order valence-corrected chi connectivity index (χ0v) is 30.3. The summed E-state index contributed by atoms with van der Waals surface area (Å²) in [5.74, 6) is -2.93. The fourth-order valence-corrected chi connectivity index (χ4v) is 4.91. The maximum atomic E-state index is 12.3. The molecule has 0 radical (unpaired) electrons. The summed E-state index contributed by atoms with van der Waals surface area (Å²) in [6.45, 7) is 1.45. The SMILES string of the molecule is O=CCC(=O)COCCOCCNC(=O)COCCOCCCC(=O)CC[C@H](NC(=O)CCCCCCCCCCCCCCC(=O)O)C(=O)O. The molecule has 0 aliphatic heterocycles. The number of nitrogens with one attached hydrogen (secondary N) is 2. The summed E-state index contributed by atoms with van der Waals surface area (Å²) in [4.78, 5) is 79.6. The van der Waals surface area contributed by atoms with E-state index < -0.39 is 18.0 Å². The van der Waals surface area contributed by atoms with E-state index in [1.807, 2.05) is 0 Å². The monoisotopic (exact) mass is 730 g/mol. The number of carboxylic acids is 2. The Morgan fingerprint density at radius 3 is 1.63 bits per heavy atom. The highest BCUT2D eigenvalue weighted by atomic mass is 16.5. The van der Waals surface area contributed by atoms with Crippen molar-refractivity contribution in [1.82, 2.24) is 10.6 Å². The molecule has 294 valence electrons. The number of Topliss-reactive ketones (excluding diaryl/α,β-unsaturated/α-hetero) is 2. The average molecular weight is 731 g/mol. The number of ketones is 2. The Kier molecular flexibility index (Phi) is 32.9. The van der Waals surface area contributed by atoms with Crippen LogP contribution in [-0.4, -0.2) is 117 Å². The lowest BCUT2D eigenvalue weighted by Gasteiger charge is -2.14. The smallest absolute Gasteiger partial charge is 0.326 e. The molecule has 15 nitrogen and oxygen atoms in total. The first-order valence-electron chi connectivity index (χ1n) is 18.4. The number of amides is 2. The zero-order chi connectivity index (χ0) is 37.8. The van der Waals surface area contributed by atoms with Crippen molar-refractivity contribution in [3.8, 4) is 0 Å². The van der Waals surface area contributed by atoms with Gasteiger partial charge < -0.3 is 44.6 Å². The molecule has 2 amide bonds. The molecule has 0 rings (SSSR count). The largest absolute Gasteiger partial charge is 0.481 e. The molecule has 0 aliphatic rings. The topological polar surface area (TPSA) is 221 Å². The minimum atomic E-state index is -1.16. The molecular formula is C36H62N2O13. The third-order valence-corrected chi connectivity index (χ3v) is 7.75. The van der Waals surface area contributed by atoms with Crippen LogP contribution in [-0.2, 0) is 52.5 Å². The third kappa shape index (κ3) is 34.9. The number of aldehydes is 1. The molecule has 0 aromatic rings. The number of hydrogen-bond donors (Lipinski definition) is 4. The van der Waals surface area contributed by atoms with Crippen molar-refractivity contribution in [1.29, 1.82) is 0 Å². The Morgan fingerprint density at radius 1 is 0.529 bits per heavy atom. The van der Waals surface area contributed by atoms with Gasteiger partial charge in [-0.25, -0.2) is 4.79 Å². The van der Waals surface area contributed by atoms with Gasteiger partial charge in [0.1, 0.15) is 31.3 Å². The zero-order valence-electron chi connectivity index (χ0n) is 30.3. The number of aliphatic carboxylic acids is 2. The van der Waals surface area contributed by atoms with Gasteiger partial charge in [0, 0.05) is 38.8 Å². The summed E-state index contributed by atoms with van der Waals surface area (Å²) in [5.41, 5.74) is 0. The average Bonchev–Trinajstić information content (AvgIpc) is 3.08. The maximum absolute atomic E-state index is 12.3. The molecule has 15 heteroatoms. The Bertz CT molecular complexity index is 977. The molecule has 0 saturated carbocycles. The molecule has 1 atom stereocenters. The third-order valence-electron chi connectivity index (χ3n) is 7.75. The minimum absolute atomic E-state index is 0.0329. The van der Waals surface area contributed by atoms with E-state index >= 15 is 0 Å². The fraction of sp³-hybridized carbons (Fsp3) is 0.806. The molecule has 0 fully saturated rings. The lowest BCUT2D eigenvalue weighted by atomic mass is 10.0. The Balaban J connectivity index is 3.68. The second kappa shape index (κ2) is 35.1. The molecule has 4 N–H and O–H groups in total. The van der Waals surface area contributed by atoms with Gasteiger partial charge in [0.2, 0.25) is 11.8 Å². The van der Waals surface area contributed by atoms with Crippen LogP contribution in [0.15, 0.2) is 0 Å². The Labute approximate surface area is 302 Å². The normalized spacial score (nSPS) is 11.5. The van der Waals surface area contributed by atoms with Gasteiger partial charge in [-0.05, 0) is 25.7 Å². The van der Waals surface area contributed by atoms with E-state index in [9.17, 15) is 38.7 Å². The van der Waals surface area contributed by atoms with Crippen molar-refractivity contribution in [2.24, 2.45) is 0 Å². The first-order chi connectivity index (χ1) is 24.6. The van der Waals surface area contributed by atoms with Gasteiger partial charge in [0.05, 0.1) is 39.5 Å². The summed E-state index contributed by atoms with van der Waals surface area (Å²) in [5, 5.41) is 23.3. The summed E-state index contributed by atoms with van der Waals surface area (Å²) in [7, 11) is 0. The van der Waals surface area contributed by atoms with Crippen molar-refractivity contribution in [3.05, 3.63) is 0 Å². The molecule has 0 bridgehead atoms. The molecule has 0 aromatic carbocycles. The number of carbonyl (C=O) groups is 7. The van der Waals surface area contributed by atoms with E-state index in [0.717, 1.165) is 51.4 Å². The van der Waals surface area contributed by atoms with Crippen LogP contribution in [0.5, 0.6) is 0 Å². The van der Waals surface area contributed by atoms with Crippen molar-refractivity contribution in [2.75, 3.05) is 59.4 Å². The van der Waals surface area contributed by atoms with Crippen molar-refractivity contribution < 1.29 is 62.7 Å². The second-order valence-corrected chi connectivity index (χ2v) is 12.4. The quantitative estimate of drug-likeness (QED) is 0.0404. The highest BCUT2D eigenvalue weighted by Gasteiger charge is 2.20. The molecule has 0 spiro atoms. The molecule has 0 aromatic heterocycles. The standard InChI is InChI=1S/C36H62N2O13/c39-21-19-31(41)28-50-26-25-49-23-20-37-34(43)29-51-27-24-48-22-13-14-30(40)17-18-32(36(46)47)38-33(42)15-11-9-7-5-3-1-2-4-6-8-10-12-16-35(44)45/h21,32H,1-20,22-29H2,(H,37,43)(H,38,42)(H,44,45)(H,46,47)/t32-/m0/s1. The molecule has 0 unspecified atom stereocenters. The fourth-order valence-electron chi connectivity index (χ4n) is 4.91. The number of unbranched alkanes of at least 4 members (excludes halogenated alkanes) is 11. The number of carbonyl (C=O) groups excluding carboxylic acids is 5. The van der Waals surface area contributed by atoms with Gasteiger partial charge >= 0.3 is 11.9 Å². The van der Waals surface area contributed by atoms with Crippen LogP contribution >= 0.6 is 0 Å². The Morgan fingerprint density at radius 2 is 1.06 bits per heavy atom. The van der Waals surface area contributed by atoms with Gasteiger partial charge in [0.15, 0.2) is 5.78 Å². The van der Waals surface area contributed by atoms with Gasteiger partial charge in [-0.1, -0.05) is 64.2 Å². The lowest BCUT2D eigenvalue weighted by molar-refractivity contribution is -0.142. The molecule has 51 heavy (non-hydrogen) atoms. The highest BCUT2D eigenvalue weighted by molar-refractivity contribution is 5.90. The summed E-state index contributed by atoms with van der Waals surface area (Å²) >= 11 is 0. The van der Waals surface area contributed by atoms with E-state index in [2.05, 4.69) is 10.6 Å². The van der Waals surface area contributed by atoms with Gasteiger partial charge in [-0.2, -0.15) is 0 Å². The van der Waals surface area contributed by atoms with Crippen LogP contribution in [0, 0.1) is 0 Å². The van der Waals surface area contributed by atoms with E-state index in [1.165, 1.54) is 19.3 Å². The van der Waals surface area contributed by atoms with Crippen molar-refractivity contribution in [3.63, 3.8) is 0 Å². The first kappa shape index (κ1) is 47.7. The number of hydrogen-bond acceptors (Lipinski definition) is 11. The van der Waals surface area contributed by atoms with E-state index in [1.54, 1.807) is 0 Å². The van der Waals surface area contributed by atoms with E-state index in [0.29, 0.717) is 25.7 Å². The lowest BCUT2D eigenvalue weighted by Crippen LogP contribution is -2.41. The molecule has 0 saturated heterocycles. The molecular weight excluding hydrogens is 668 g/mol. The van der Waals surface area contributed by atoms with E-state index in [-0.39, 0.29) is 115 Å². The number of carboxylic acid groups (broad SMARTS) is 2. The predicted molar refractivity (Wildman–Crippen MR) is 187 cm³/mol. The highest BCUT2D eigenvalue weighted by Crippen LogP contribution is 2.13. The van der Waals surface area contributed by atoms with Gasteiger partial charge in [0.25, 0.3) is 0 Å². The summed E-state index contributed by atoms with van der Waals surface area (Å²) in [6.07, 6.45) is 14.0. The predicted octanol–water partition coefficient (Wildman–Crippen LogP) is 3.57. The van der Waals surface area contributed by atoms with Crippen molar-refractivity contribution >= 4 is 41.6 Å².